The Kier molecular flexibility index (Phi) is 3.77. The van der Waals surface area contributed by atoms with Crippen molar-refractivity contribution in [2.75, 3.05) is 5.32 Å². The van der Waals surface area contributed by atoms with Crippen LogP contribution in [0.2, 0.25) is 5.02 Å². The molecule has 6 heteroatoms. The maximum Gasteiger partial charge on any atom is 0.258 e. The zero-order valence-corrected chi connectivity index (χ0v) is 12.2. The molecule has 0 aliphatic rings. The number of nitriles is 1. The first-order valence-corrected chi connectivity index (χ1v) is 6.95. The van der Waals surface area contributed by atoms with E-state index in [4.69, 9.17) is 16.9 Å². The summed E-state index contributed by atoms with van der Waals surface area (Å²) in [6.45, 7) is 0.417. The second kappa shape index (κ2) is 5.88. The van der Waals surface area contributed by atoms with Crippen LogP contribution in [0.5, 0.6) is 0 Å². The normalized spacial score (nSPS) is 10.4. The van der Waals surface area contributed by atoms with Crippen LogP contribution in [-0.2, 0) is 6.54 Å². The summed E-state index contributed by atoms with van der Waals surface area (Å²) in [4.78, 5) is 16.5. The van der Waals surface area contributed by atoms with Gasteiger partial charge < -0.3 is 5.32 Å². The Morgan fingerprint density at radius 2 is 2.00 bits per heavy atom. The molecule has 0 unspecified atom stereocenters. The van der Waals surface area contributed by atoms with Gasteiger partial charge in [0.25, 0.3) is 5.56 Å². The molecule has 0 spiro atoms. The quantitative estimate of drug-likeness (QED) is 0.807. The lowest BCUT2D eigenvalue weighted by Gasteiger charge is -2.07. The Morgan fingerprint density at radius 3 is 2.73 bits per heavy atom. The van der Waals surface area contributed by atoms with Crippen molar-refractivity contribution in [3.05, 3.63) is 75.3 Å². The second-order valence-electron chi connectivity index (χ2n) is 4.70. The topological polar surface area (TPSA) is 70.2 Å². The van der Waals surface area contributed by atoms with E-state index < -0.39 is 0 Å². The zero-order valence-electron chi connectivity index (χ0n) is 11.5. The summed E-state index contributed by atoms with van der Waals surface area (Å²) in [6, 6.07) is 14.0. The number of hydrogen-bond donors (Lipinski definition) is 1. The largest absolute Gasteiger partial charge is 0.379 e. The van der Waals surface area contributed by atoms with Gasteiger partial charge in [0, 0.05) is 18.0 Å². The molecule has 1 aromatic carbocycles. The molecule has 3 rings (SSSR count). The number of fused-ring (bicyclic) bond motifs is 1. The summed E-state index contributed by atoms with van der Waals surface area (Å²) >= 11 is 5.87. The average Bonchev–Trinajstić information content (AvgIpc) is 2.54. The third kappa shape index (κ3) is 2.92. The van der Waals surface area contributed by atoms with Crippen molar-refractivity contribution >= 4 is 22.9 Å². The van der Waals surface area contributed by atoms with Gasteiger partial charge in [0.1, 0.15) is 5.65 Å². The fraction of sp³-hybridized carbons (Fsp3) is 0.0625. The van der Waals surface area contributed by atoms with Crippen LogP contribution in [0, 0.1) is 11.3 Å². The van der Waals surface area contributed by atoms with Crippen molar-refractivity contribution in [2.45, 2.75) is 6.54 Å². The summed E-state index contributed by atoms with van der Waals surface area (Å²) in [7, 11) is 0. The van der Waals surface area contributed by atoms with Gasteiger partial charge in [0.15, 0.2) is 0 Å². The van der Waals surface area contributed by atoms with Crippen molar-refractivity contribution in [1.29, 1.82) is 5.26 Å². The first-order valence-electron chi connectivity index (χ1n) is 6.57. The van der Waals surface area contributed by atoms with E-state index in [1.165, 1.54) is 10.5 Å². The molecule has 0 aliphatic heterocycles. The minimum Gasteiger partial charge on any atom is -0.379 e. The molecule has 0 aliphatic carbocycles. The molecular formula is C16H11ClN4O. The van der Waals surface area contributed by atoms with Gasteiger partial charge in [-0.1, -0.05) is 11.6 Å². The van der Waals surface area contributed by atoms with Gasteiger partial charge in [-0.3, -0.25) is 9.20 Å². The van der Waals surface area contributed by atoms with Crippen LogP contribution in [0.25, 0.3) is 5.65 Å². The predicted octanol–water partition coefficient (Wildman–Crippen LogP) is 2.83. The summed E-state index contributed by atoms with van der Waals surface area (Å²) in [5.41, 5.74) is 2.47. The molecule has 22 heavy (non-hydrogen) atoms. The highest BCUT2D eigenvalue weighted by Gasteiger charge is 2.03. The third-order valence-corrected chi connectivity index (χ3v) is 3.39. The van der Waals surface area contributed by atoms with Gasteiger partial charge in [-0.25, -0.2) is 4.98 Å². The molecule has 2 aromatic heterocycles. The second-order valence-corrected chi connectivity index (χ2v) is 5.14. The maximum absolute atomic E-state index is 12.0. The van der Waals surface area contributed by atoms with Crippen molar-refractivity contribution in [2.24, 2.45) is 0 Å². The average molecular weight is 311 g/mol. The zero-order chi connectivity index (χ0) is 15.5. The lowest BCUT2D eigenvalue weighted by atomic mass is 10.2. The van der Waals surface area contributed by atoms with E-state index in [-0.39, 0.29) is 5.56 Å². The van der Waals surface area contributed by atoms with Gasteiger partial charge in [-0.05, 0) is 36.4 Å². The molecule has 0 atom stereocenters. The van der Waals surface area contributed by atoms with E-state index in [0.29, 0.717) is 28.5 Å². The van der Waals surface area contributed by atoms with Crippen LogP contribution >= 0.6 is 11.6 Å². The van der Waals surface area contributed by atoms with Gasteiger partial charge in [0.2, 0.25) is 0 Å². The first kappa shape index (κ1) is 14.1. The fourth-order valence-electron chi connectivity index (χ4n) is 2.07. The van der Waals surface area contributed by atoms with Gasteiger partial charge in [-0.15, -0.1) is 0 Å². The molecule has 0 radical (unpaired) electrons. The molecule has 3 aromatic rings. The Bertz CT molecular complexity index is 926. The van der Waals surface area contributed by atoms with Crippen LogP contribution in [0.4, 0.5) is 5.69 Å². The van der Waals surface area contributed by atoms with Crippen LogP contribution in [0.15, 0.2) is 53.5 Å². The van der Waals surface area contributed by atoms with Crippen LogP contribution in [0.1, 0.15) is 11.3 Å². The molecule has 0 amide bonds. The van der Waals surface area contributed by atoms with Gasteiger partial charge in [-0.2, -0.15) is 5.26 Å². The molecule has 5 nitrogen and oxygen atoms in total. The number of aromatic nitrogens is 2. The highest BCUT2D eigenvalue weighted by molar-refractivity contribution is 6.30. The molecule has 0 bridgehead atoms. The standard InChI is InChI=1S/C16H11ClN4O/c17-12-3-6-15-20-14(7-16(22)21(15)10-12)9-19-13-4-1-11(8-18)2-5-13/h1-7,10,19H,9H2. The molecule has 0 saturated carbocycles. The molecule has 108 valence electrons. The lowest BCUT2D eigenvalue weighted by Crippen LogP contribution is -2.16. The number of nitrogens with zero attached hydrogens (tertiary/aromatic N) is 3. The van der Waals surface area contributed by atoms with E-state index >= 15 is 0 Å². The third-order valence-electron chi connectivity index (χ3n) is 3.16. The number of benzene rings is 1. The van der Waals surface area contributed by atoms with E-state index in [0.717, 1.165) is 5.69 Å². The monoisotopic (exact) mass is 310 g/mol. The highest BCUT2D eigenvalue weighted by atomic mass is 35.5. The molecule has 0 saturated heterocycles. The van der Waals surface area contributed by atoms with Gasteiger partial charge >= 0.3 is 0 Å². The smallest absolute Gasteiger partial charge is 0.258 e. The van der Waals surface area contributed by atoms with Crippen LogP contribution in [0.3, 0.4) is 0 Å². The number of nitrogens with one attached hydrogen (secondary N) is 1. The minimum absolute atomic E-state index is 0.177. The van der Waals surface area contributed by atoms with E-state index in [2.05, 4.69) is 16.4 Å². The van der Waals surface area contributed by atoms with Crippen molar-refractivity contribution in [1.82, 2.24) is 9.38 Å². The Balaban J connectivity index is 1.83. The van der Waals surface area contributed by atoms with E-state index in [1.807, 2.05) is 12.1 Å². The fourth-order valence-corrected chi connectivity index (χ4v) is 2.23. The molecule has 1 N–H and O–H groups in total. The van der Waals surface area contributed by atoms with Crippen LogP contribution < -0.4 is 10.9 Å². The van der Waals surface area contributed by atoms with Crippen LogP contribution in [-0.4, -0.2) is 9.38 Å². The first-order chi connectivity index (χ1) is 10.7. The summed E-state index contributed by atoms with van der Waals surface area (Å²) < 4.78 is 1.41. The Hall–Kier alpha value is -2.84. The molecular weight excluding hydrogens is 300 g/mol. The Labute approximate surface area is 131 Å². The number of halogens is 1. The minimum atomic E-state index is -0.177. The number of hydrogen-bond acceptors (Lipinski definition) is 4. The van der Waals surface area contributed by atoms with Gasteiger partial charge in [0.05, 0.1) is 28.9 Å². The van der Waals surface area contributed by atoms with Crippen molar-refractivity contribution in [3.63, 3.8) is 0 Å². The molecule has 0 fully saturated rings. The highest BCUT2D eigenvalue weighted by Crippen LogP contribution is 2.11. The van der Waals surface area contributed by atoms with E-state index in [9.17, 15) is 4.79 Å². The summed E-state index contributed by atoms with van der Waals surface area (Å²) in [6.07, 6.45) is 1.55. The number of anilines is 1. The Morgan fingerprint density at radius 1 is 1.23 bits per heavy atom. The SMILES string of the molecule is N#Cc1ccc(NCc2cc(=O)n3cc(Cl)ccc3n2)cc1. The number of pyridine rings is 1. The summed E-state index contributed by atoms with van der Waals surface area (Å²) in [5, 5.41) is 12.4. The predicted molar refractivity (Wildman–Crippen MR) is 85.0 cm³/mol. The maximum atomic E-state index is 12.0. The summed E-state index contributed by atoms with van der Waals surface area (Å²) in [5.74, 6) is 0. The number of rotatable bonds is 3. The molecule has 2 heterocycles. The van der Waals surface area contributed by atoms with Crippen molar-refractivity contribution in [3.8, 4) is 6.07 Å². The lowest BCUT2D eigenvalue weighted by molar-refractivity contribution is 0.971. The van der Waals surface area contributed by atoms with Crippen molar-refractivity contribution < 1.29 is 0 Å². The van der Waals surface area contributed by atoms with E-state index in [1.54, 1.807) is 30.5 Å².